The zero-order valence-corrected chi connectivity index (χ0v) is 26.2. The summed E-state index contributed by atoms with van der Waals surface area (Å²) in [4.78, 5) is 31.8. The Morgan fingerprint density at radius 2 is 1.24 bits per heavy atom. The van der Waals surface area contributed by atoms with E-state index in [-0.39, 0.29) is 11.4 Å². The third-order valence-electron chi connectivity index (χ3n) is 5.23. The van der Waals surface area contributed by atoms with Gasteiger partial charge in [-0.1, -0.05) is 15.9 Å². The van der Waals surface area contributed by atoms with Crippen LogP contribution in [0.3, 0.4) is 0 Å². The SMILES string of the molecule is CCOC(=O)c1nc(-c2ccc(OC)cc2)oc1C.CCOC(=O)c1nc(-c2ccc(OC)cc2)oc1CBr.[B]=NS. The molecule has 0 atom stereocenters. The number of alkyl halides is 1. The Labute approximate surface area is 258 Å². The maximum absolute atomic E-state index is 11.8. The van der Waals surface area contributed by atoms with Gasteiger partial charge in [0.15, 0.2) is 11.4 Å². The van der Waals surface area contributed by atoms with E-state index in [4.69, 9.17) is 27.8 Å². The number of hydrogen-bond acceptors (Lipinski definition) is 12. The van der Waals surface area contributed by atoms with Crippen LogP contribution in [0.25, 0.3) is 22.9 Å². The Morgan fingerprint density at radius 1 is 0.833 bits per heavy atom. The third-order valence-corrected chi connectivity index (χ3v) is 5.74. The fraction of sp³-hybridized carbons (Fsp3) is 0.286. The number of halogens is 1. The molecule has 0 spiro atoms. The molecule has 1 radical (unpaired) electrons. The van der Waals surface area contributed by atoms with Gasteiger partial charge in [-0.15, -0.1) is 0 Å². The fourth-order valence-electron chi connectivity index (χ4n) is 3.30. The molecule has 0 aliphatic rings. The molecule has 0 saturated carbocycles. The van der Waals surface area contributed by atoms with Crippen LogP contribution < -0.4 is 9.47 Å². The average molecular weight is 659 g/mol. The van der Waals surface area contributed by atoms with Crippen LogP contribution in [0.1, 0.15) is 46.3 Å². The van der Waals surface area contributed by atoms with E-state index in [0.717, 1.165) is 22.6 Å². The Kier molecular flexibility index (Phi) is 14.5. The molecule has 14 heteroatoms. The van der Waals surface area contributed by atoms with Crippen LogP contribution in [-0.4, -0.2) is 57.0 Å². The van der Waals surface area contributed by atoms with Gasteiger partial charge < -0.3 is 27.8 Å². The summed E-state index contributed by atoms with van der Waals surface area (Å²) in [7, 11) is 7.54. The van der Waals surface area contributed by atoms with E-state index < -0.39 is 11.9 Å². The number of methoxy groups -OCH3 is 2. The van der Waals surface area contributed by atoms with Crippen molar-refractivity contribution in [3.8, 4) is 34.4 Å². The number of carbonyl (C=O) groups excluding carboxylic acids is 2. The van der Waals surface area contributed by atoms with E-state index in [9.17, 15) is 9.59 Å². The van der Waals surface area contributed by atoms with Crippen LogP contribution in [0, 0.1) is 6.92 Å². The summed E-state index contributed by atoms with van der Waals surface area (Å²) in [5.41, 5.74) is 1.96. The molecule has 0 unspecified atom stereocenters. The second-order valence-corrected chi connectivity index (χ2v) is 8.65. The summed E-state index contributed by atoms with van der Waals surface area (Å²) in [5.74, 6) is 2.21. The van der Waals surface area contributed by atoms with Crippen LogP contribution in [0.5, 0.6) is 11.5 Å². The zero-order valence-electron chi connectivity index (χ0n) is 23.8. The molecule has 0 fully saturated rings. The molecule has 221 valence electrons. The van der Waals surface area contributed by atoms with Gasteiger partial charge in [0.1, 0.15) is 23.0 Å². The molecule has 2 aromatic heterocycles. The monoisotopic (exact) mass is 658 g/mol. The Bertz CT molecular complexity index is 1440. The molecular formula is C28H30BBrN3O8S. The van der Waals surface area contributed by atoms with Gasteiger partial charge in [-0.25, -0.2) is 19.6 Å². The van der Waals surface area contributed by atoms with Crippen LogP contribution >= 0.6 is 28.7 Å². The second-order valence-electron chi connectivity index (χ2n) is 7.86. The van der Waals surface area contributed by atoms with Gasteiger partial charge >= 0.3 is 36.7 Å². The van der Waals surface area contributed by atoms with Gasteiger partial charge in [-0.3, -0.25) is 0 Å². The average Bonchev–Trinajstić information content (AvgIpc) is 3.62. The molecule has 4 aromatic rings. The molecule has 2 aromatic carbocycles. The third kappa shape index (κ3) is 9.59. The van der Waals surface area contributed by atoms with Gasteiger partial charge in [0, 0.05) is 11.1 Å². The maximum atomic E-state index is 11.8. The summed E-state index contributed by atoms with van der Waals surface area (Å²) in [6.45, 7) is 5.79. The van der Waals surface area contributed by atoms with Crippen molar-refractivity contribution in [3.05, 3.63) is 71.4 Å². The van der Waals surface area contributed by atoms with Crippen LogP contribution in [0.4, 0.5) is 0 Å². The van der Waals surface area contributed by atoms with E-state index in [1.165, 1.54) is 0 Å². The number of thiol groups is 1. The summed E-state index contributed by atoms with van der Waals surface area (Å²) in [5, 5.41) is 0.393. The van der Waals surface area contributed by atoms with Crippen molar-refractivity contribution in [2.75, 3.05) is 27.4 Å². The minimum atomic E-state index is -0.481. The molecule has 11 nitrogen and oxygen atoms in total. The van der Waals surface area contributed by atoms with E-state index in [1.54, 1.807) is 59.3 Å². The van der Waals surface area contributed by atoms with Crippen LogP contribution in [-0.2, 0) is 14.8 Å². The number of hydrogen-bond donors (Lipinski definition) is 1. The van der Waals surface area contributed by atoms with Gasteiger partial charge in [-0.2, -0.15) is 0 Å². The quantitative estimate of drug-likeness (QED) is 0.0926. The predicted octanol–water partition coefficient (Wildman–Crippen LogP) is 6.44. The summed E-state index contributed by atoms with van der Waals surface area (Å²) >= 11 is 6.47. The molecule has 0 saturated heterocycles. The summed E-state index contributed by atoms with van der Waals surface area (Å²) in [6, 6.07) is 14.5. The Morgan fingerprint density at radius 3 is 1.64 bits per heavy atom. The van der Waals surface area contributed by atoms with Crippen molar-refractivity contribution in [1.29, 1.82) is 0 Å². The second kappa shape index (κ2) is 17.8. The molecular weight excluding hydrogens is 629 g/mol. The molecule has 0 aliphatic carbocycles. The molecule has 2 heterocycles. The van der Waals surface area contributed by atoms with E-state index >= 15 is 0 Å². The van der Waals surface area contributed by atoms with Crippen molar-refractivity contribution in [2.45, 2.75) is 26.1 Å². The van der Waals surface area contributed by atoms with Crippen molar-refractivity contribution in [3.63, 3.8) is 0 Å². The molecule has 42 heavy (non-hydrogen) atoms. The van der Waals surface area contributed by atoms with Crippen molar-refractivity contribution in [2.24, 2.45) is 4.30 Å². The number of nitrogens with zero attached hydrogens (tertiary/aromatic N) is 3. The number of oxazole rings is 2. The molecule has 0 N–H and O–H groups in total. The minimum absolute atomic E-state index is 0.203. The molecule has 0 aliphatic heterocycles. The van der Waals surface area contributed by atoms with Gasteiger partial charge in [0.25, 0.3) is 0 Å². The Balaban J connectivity index is 0.000000269. The number of rotatable bonds is 9. The zero-order chi connectivity index (χ0) is 31.1. The first-order chi connectivity index (χ1) is 20.3. The number of ether oxygens (including phenoxy) is 4. The van der Waals surface area contributed by atoms with E-state index in [0.29, 0.717) is 41.8 Å². The fourth-order valence-corrected chi connectivity index (χ4v) is 3.68. The Hall–Kier alpha value is -3.91. The van der Waals surface area contributed by atoms with Gasteiger partial charge in [0.2, 0.25) is 11.8 Å². The number of aromatic nitrogens is 2. The number of benzene rings is 2. The standard InChI is InChI=1S/C14H14BrNO4.C14H15NO4.BHNS/c1-3-19-14(17)12-11(8-15)20-13(16-12)9-4-6-10(18-2)7-5-9;1-4-18-14(16)12-9(2)19-13(15-12)10-5-7-11(17-3)8-6-10;1-2-3/h4-7H,3,8H2,1-2H3;5-8H,4H2,1-3H3;3H. The van der Waals surface area contributed by atoms with E-state index in [1.807, 2.05) is 24.3 Å². The van der Waals surface area contributed by atoms with Crippen molar-refractivity contribution in [1.82, 2.24) is 9.97 Å². The van der Waals surface area contributed by atoms with Gasteiger partial charge in [0.05, 0.1) is 32.8 Å². The number of carbonyl (C=O) groups is 2. The van der Waals surface area contributed by atoms with Crippen molar-refractivity contribution < 1.29 is 37.4 Å². The molecule has 0 bridgehead atoms. The summed E-state index contributed by atoms with van der Waals surface area (Å²) < 4.78 is 33.8. The van der Waals surface area contributed by atoms with Crippen LogP contribution in [0.2, 0.25) is 0 Å². The summed E-state index contributed by atoms with van der Waals surface area (Å²) in [6.07, 6.45) is 0. The van der Waals surface area contributed by atoms with Crippen LogP contribution in [0.15, 0.2) is 61.7 Å². The first kappa shape index (κ1) is 34.3. The number of aryl methyl sites for hydroxylation is 1. The normalized spacial score (nSPS) is 9.86. The molecule has 0 amide bonds. The van der Waals surface area contributed by atoms with Crippen molar-refractivity contribution >= 4 is 48.3 Å². The topological polar surface area (TPSA) is 135 Å². The molecule has 4 rings (SSSR count). The first-order valence-corrected chi connectivity index (χ1v) is 14.0. The van der Waals surface area contributed by atoms with Gasteiger partial charge in [-0.05, 0) is 69.3 Å². The predicted molar refractivity (Wildman–Crippen MR) is 163 cm³/mol. The van der Waals surface area contributed by atoms with E-state index in [2.05, 4.69) is 50.7 Å². The number of esters is 2. The first-order valence-electron chi connectivity index (χ1n) is 12.5.